The van der Waals surface area contributed by atoms with E-state index in [1.807, 2.05) is 13.8 Å². The van der Waals surface area contributed by atoms with Crippen molar-refractivity contribution in [1.82, 2.24) is 5.32 Å². The maximum absolute atomic E-state index is 11.3. The summed E-state index contributed by atoms with van der Waals surface area (Å²) in [4.78, 5) is 11.3. The van der Waals surface area contributed by atoms with E-state index in [9.17, 15) is 4.79 Å². The van der Waals surface area contributed by atoms with Crippen LogP contribution < -0.4 is 5.32 Å². The lowest BCUT2D eigenvalue weighted by Crippen LogP contribution is -2.40. The molecule has 0 radical (unpaired) electrons. The van der Waals surface area contributed by atoms with E-state index in [0.717, 1.165) is 0 Å². The zero-order chi connectivity index (χ0) is 13.9. The van der Waals surface area contributed by atoms with Crippen molar-refractivity contribution in [3.05, 3.63) is 0 Å². The number of aliphatic hydroxyl groups is 2. The number of amides is 1. The first-order valence-corrected chi connectivity index (χ1v) is 6.10. The highest BCUT2D eigenvalue weighted by Crippen LogP contribution is 2.07. The van der Waals surface area contributed by atoms with E-state index >= 15 is 0 Å². The molecule has 0 fully saturated rings. The van der Waals surface area contributed by atoms with Crippen LogP contribution in [-0.2, 0) is 4.74 Å². The van der Waals surface area contributed by atoms with Gasteiger partial charge in [-0.15, -0.1) is 0 Å². The number of nitrogens with one attached hydrogen (secondary N) is 1. The van der Waals surface area contributed by atoms with Crippen LogP contribution in [0.3, 0.4) is 0 Å². The molecule has 0 heterocycles. The van der Waals surface area contributed by atoms with Crippen LogP contribution in [0.15, 0.2) is 0 Å². The zero-order valence-corrected chi connectivity index (χ0v) is 11.6. The number of rotatable bonds is 5. The average molecular weight is 249 g/mol. The first kappa shape index (κ1) is 18.6. The Morgan fingerprint density at radius 1 is 1.18 bits per heavy atom. The normalized spacial score (nSPS) is 10.6. The number of aliphatic hydroxyl groups excluding tert-OH is 2. The summed E-state index contributed by atoms with van der Waals surface area (Å²) >= 11 is 0. The van der Waals surface area contributed by atoms with Crippen LogP contribution in [0.1, 0.15) is 47.5 Å². The van der Waals surface area contributed by atoms with Crippen molar-refractivity contribution >= 4 is 6.09 Å². The predicted octanol–water partition coefficient (Wildman–Crippen LogP) is 1.67. The van der Waals surface area contributed by atoms with Crippen molar-refractivity contribution in [3.63, 3.8) is 0 Å². The molecule has 0 aromatic carbocycles. The van der Waals surface area contributed by atoms with Gasteiger partial charge in [0.1, 0.15) is 5.60 Å². The van der Waals surface area contributed by atoms with E-state index in [0.29, 0.717) is 12.8 Å². The minimum atomic E-state index is -0.535. The molecular formula is C12H27NO4. The Labute approximate surface area is 104 Å². The van der Waals surface area contributed by atoms with Crippen molar-refractivity contribution in [2.24, 2.45) is 0 Å². The van der Waals surface area contributed by atoms with Gasteiger partial charge in [-0.05, 0) is 33.6 Å². The molecule has 0 atom stereocenters. The quantitative estimate of drug-likeness (QED) is 0.692. The topological polar surface area (TPSA) is 78.8 Å². The molecule has 0 rings (SSSR count). The number of ether oxygens (including phenoxy) is 1. The second-order valence-electron chi connectivity index (χ2n) is 4.37. The van der Waals surface area contributed by atoms with Crippen LogP contribution in [0.25, 0.3) is 0 Å². The number of hydrogen-bond acceptors (Lipinski definition) is 4. The van der Waals surface area contributed by atoms with Gasteiger partial charge in [-0.2, -0.15) is 0 Å². The molecule has 0 aliphatic rings. The molecule has 0 aromatic rings. The van der Waals surface area contributed by atoms with Crippen molar-refractivity contribution in [3.8, 4) is 0 Å². The Bertz CT molecular complexity index is 183. The molecule has 17 heavy (non-hydrogen) atoms. The third kappa shape index (κ3) is 13.1. The molecule has 5 heteroatoms. The van der Waals surface area contributed by atoms with Crippen molar-refractivity contribution in [2.75, 3.05) is 13.2 Å². The van der Waals surface area contributed by atoms with Crippen molar-refractivity contribution < 1.29 is 19.7 Å². The monoisotopic (exact) mass is 249 g/mol. The van der Waals surface area contributed by atoms with E-state index in [-0.39, 0.29) is 19.3 Å². The second kappa shape index (κ2) is 10.4. The Hall–Kier alpha value is -0.810. The molecule has 0 unspecified atom stereocenters. The molecule has 5 nitrogen and oxygen atoms in total. The highest BCUT2D eigenvalue weighted by molar-refractivity contribution is 5.68. The van der Waals surface area contributed by atoms with Gasteiger partial charge in [0.25, 0.3) is 0 Å². The van der Waals surface area contributed by atoms with Gasteiger partial charge in [0.2, 0.25) is 0 Å². The molecular weight excluding hydrogens is 222 g/mol. The fraction of sp³-hybridized carbons (Fsp3) is 0.917. The Morgan fingerprint density at radius 2 is 1.59 bits per heavy atom. The predicted molar refractivity (Wildman–Crippen MR) is 67.9 cm³/mol. The highest BCUT2D eigenvalue weighted by atomic mass is 16.6. The fourth-order valence-electron chi connectivity index (χ4n) is 1.07. The van der Waals surface area contributed by atoms with Crippen LogP contribution in [0, 0.1) is 0 Å². The molecule has 0 bridgehead atoms. The van der Waals surface area contributed by atoms with E-state index in [2.05, 4.69) is 5.32 Å². The van der Waals surface area contributed by atoms with Crippen LogP contribution in [0.2, 0.25) is 0 Å². The summed E-state index contributed by atoms with van der Waals surface area (Å²) in [5, 5.41) is 20.1. The van der Waals surface area contributed by atoms with Gasteiger partial charge < -0.3 is 20.3 Å². The number of alkyl carbamates (subject to hydrolysis) is 1. The highest BCUT2D eigenvalue weighted by Gasteiger charge is 2.18. The Morgan fingerprint density at radius 3 is 1.88 bits per heavy atom. The molecule has 104 valence electrons. The summed E-state index contributed by atoms with van der Waals surface area (Å²) in [7, 11) is 0. The fourth-order valence-corrected chi connectivity index (χ4v) is 1.07. The molecule has 0 aromatic heterocycles. The summed E-state index contributed by atoms with van der Waals surface area (Å²) in [6, 6.07) is -0.241. The molecule has 1 amide bonds. The van der Waals surface area contributed by atoms with Gasteiger partial charge in [-0.1, -0.05) is 13.8 Å². The van der Waals surface area contributed by atoms with Gasteiger partial charge in [0.05, 0.1) is 0 Å². The summed E-state index contributed by atoms with van der Waals surface area (Å²) in [5.74, 6) is 0. The van der Waals surface area contributed by atoms with Crippen LogP contribution in [-0.4, -0.2) is 41.2 Å². The summed E-state index contributed by atoms with van der Waals surface area (Å²) in [6.45, 7) is 9.28. The molecule has 0 spiro atoms. The standard InChI is InChI=1S/C10H21NO4.C2H6/c1-10(2,3)15-9(14)11-8(4-6-12)5-7-13;1-2/h8,12-13H,4-7H2,1-3H3,(H,11,14);1-2H3. The third-order valence-electron chi connectivity index (χ3n) is 1.68. The third-order valence-corrected chi connectivity index (χ3v) is 1.68. The minimum Gasteiger partial charge on any atom is -0.444 e. The molecule has 0 saturated carbocycles. The SMILES string of the molecule is CC.CC(C)(C)OC(=O)NC(CCO)CCO. The van der Waals surface area contributed by atoms with E-state index < -0.39 is 11.7 Å². The molecule has 0 aliphatic carbocycles. The lowest BCUT2D eigenvalue weighted by atomic mass is 10.1. The van der Waals surface area contributed by atoms with E-state index in [1.54, 1.807) is 20.8 Å². The van der Waals surface area contributed by atoms with Crippen LogP contribution in [0.5, 0.6) is 0 Å². The molecule has 0 aliphatic heterocycles. The first-order valence-electron chi connectivity index (χ1n) is 6.10. The second-order valence-corrected chi connectivity index (χ2v) is 4.37. The first-order chi connectivity index (χ1) is 7.89. The van der Waals surface area contributed by atoms with E-state index in [4.69, 9.17) is 14.9 Å². The molecule has 0 saturated heterocycles. The number of carbonyl (C=O) groups is 1. The summed E-state index contributed by atoms with van der Waals surface area (Å²) < 4.78 is 5.05. The lowest BCUT2D eigenvalue weighted by Gasteiger charge is -2.23. The van der Waals surface area contributed by atoms with Crippen LogP contribution in [0.4, 0.5) is 4.79 Å². The maximum atomic E-state index is 11.3. The lowest BCUT2D eigenvalue weighted by molar-refractivity contribution is 0.0489. The zero-order valence-electron chi connectivity index (χ0n) is 11.6. The maximum Gasteiger partial charge on any atom is 0.407 e. The summed E-state index contributed by atoms with van der Waals surface area (Å²) in [5.41, 5.74) is -0.535. The van der Waals surface area contributed by atoms with Gasteiger partial charge in [0, 0.05) is 19.3 Å². The minimum absolute atomic E-state index is 0.0273. The van der Waals surface area contributed by atoms with Gasteiger partial charge in [0.15, 0.2) is 0 Å². The van der Waals surface area contributed by atoms with Gasteiger partial charge in [-0.25, -0.2) is 4.79 Å². The van der Waals surface area contributed by atoms with E-state index in [1.165, 1.54) is 0 Å². The van der Waals surface area contributed by atoms with Crippen LogP contribution >= 0.6 is 0 Å². The Balaban J connectivity index is 0. The average Bonchev–Trinajstić information content (AvgIpc) is 2.18. The van der Waals surface area contributed by atoms with Gasteiger partial charge in [-0.3, -0.25) is 0 Å². The number of carbonyl (C=O) groups excluding carboxylic acids is 1. The number of hydrogen-bond donors (Lipinski definition) is 3. The van der Waals surface area contributed by atoms with Crippen molar-refractivity contribution in [2.45, 2.75) is 59.1 Å². The van der Waals surface area contributed by atoms with Crippen molar-refractivity contribution in [1.29, 1.82) is 0 Å². The Kier molecular flexibility index (Phi) is 11.3. The summed E-state index contributed by atoms with van der Waals surface area (Å²) in [6.07, 6.45) is 0.314. The van der Waals surface area contributed by atoms with Gasteiger partial charge >= 0.3 is 6.09 Å². The largest absolute Gasteiger partial charge is 0.444 e. The smallest absolute Gasteiger partial charge is 0.407 e. The molecule has 3 N–H and O–H groups in total.